The fourth-order valence-electron chi connectivity index (χ4n) is 2.94. The molecule has 0 amide bonds. The van der Waals surface area contributed by atoms with Gasteiger partial charge in [0.05, 0.1) is 12.7 Å². The monoisotopic (exact) mass is 256 g/mol. The van der Waals surface area contributed by atoms with E-state index in [1.54, 1.807) is 0 Å². The molecule has 2 fully saturated rings. The molecule has 0 aliphatic carbocycles. The second-order valence-corrected chi connectivity index (χ2v) is 5.95. The van der Waals surface area contributed by atoms with E-state index in [-0.39, 0.29) is 12.1 Å². The lowest BCUT2D eigenvalue weighted by Crippen LogP contribution is -2.53. The summed E-state index contributed by atoms with van der Waals surface area (Å²) in [6.07, 6.45) is 3.62. The van der Waals surface area contributed by atoms with Crippen LogP contribution < -0.4 is 5.73 Å². The topological polar surface area (TPSA) is 47.7 Å². The number of morpholine rings is 1. The number of hydrogen-bond acceptors (Lipinski definition) is 4. The van der Waals surface area contributed by atoms with Gasteiger partial charge in [-0.25, -0.2) is 0 Å². The van der Waals surface area contributed by atoms with Gasteiger partial charge in [0, 0.05) is 38.4 Å². The third-order valence-electron chi connectivity index (χ3n) is 4.28. The fourth-order valence-corrected chi connectivity index (χ4v) is 2.94. The molecule has 2 atom stereocenters. The van der Waals surface area contributed by atoms with Crippen LogP contribution >= 0.6 is 0 Å². The van der Waals surface area contributed by atoms with Crippen LogP contribution in [0.2, 0.25) is 0 Å². The maximum atomic E-state index is 6.35. The molecule has 0 aromatic carbocycles. The molecule has 4 heteroatoms. The largest absolute Gasteiger partial charge is 0.381 e. The van der Waals surface area contributed by atoms with Crippen molar-refractivity contribution in [2.75, 3.05) is 32.9 Å². The summed E-state index contributed by atoms with van der Waals surface area (Å²) in [5.74, 6) is 0.728. The van der Waals surface area contributed by atoms with E-state index >= 15 is 0 Å². The first-order valence-electron chi connectivity index (χ1n) is 7.35. The van der Waals surface area contributed by atoms with Crippen LogP contribution in [0.15, 0.2) is 0 Å². The molecule has 0 bridgehead atoms. The number of hydrogen-bond donors (Lipinski definition) is 1. The summed E-state index contributed by atoms with van der Waals surface area (Å²) < 4.78 is 11.3. The van der Waals surface area contributed by atoms with Crippen molar-refractivity contribution in [3.63, 3.8) is 0 Å². The minimum Gasteiger partial charge on any atom is -0.381 e. The van der Waals surface area contributed by atoms with Crippen LogP contribution in [0.3, 0.4) is 0 Å². The third-order valence-corrected chi connectivity index (χ3v) is 4.28. The number of rotatable bonds is 4. The molecule has 0 spiro atoms. The Balaban J connectivity index is 1.78. The molecule has 0 radical (unpaired) electrons. The van der Waals surface area contributed by atoms with Crippen LogP contribution in [-0.2, 0) is 9.47 Å². The molecule has 2 unspecified atom stereocenters. The average Bonchev–Trinajstić information content (AvgIpc) is 2.40. The Hall–Kier alpha value is -0.160. The zero-order valence-electron chi connectivity index (χ0n) is 11.8. The second kappa shape index (κ2) is 6.85. The predicted octanol–water partition coefficient (Wildman–Crippen LogP) is 1.24. The zero-order chi connectivity index (χ0) is 13.0. The van der Waals surface area contributed by atoms with E-state index in [4.69, 9.17) is 15.2 Å². The Morgan fingerprint density at radius 2 is 1.94 bits per heavy atom. The van der Waals surface area contributed by atoms with Crippen LogP contribution in [-0.4, -0.2) is 56.0 Å². The highest BCUT2D eigenvalue weighted by Crippen LogP contribution is 2.22. The Bertz CT molecular complexity index is 242. The van der Waals surface area contributed by atoms with Gasteiger partial charge in [-0.1, -0.05) is 0 Å². The summed E-state index contributed by atoms with van der Waals surface area (Å²) in [5, 5.41) is 0. The first kappa shape index (κ1) is 14.3. The molecule has 106 valence electrons. The van der Waals surface area contributed by atoms with Gasteiger partial charge in [-0.2, -0.15) is 0 Å². The molecule has 2 heterocycles. The molecule has 0 saturated carbocycles. The van der Waals surface area contributed by atoms with Crippen LogP contribution in [0.5, 0.6) is 0 Å². The molecule has 4 nitrogen and oxygen atoms in total. The van der Waals surface area contributed by atoms with Crippen LogP contribution in [0.4, 0.5) is 0 Å². The minimum absolute atomic E-state index is 0.176. The normalized spacial score (nSPS) is 29.7. The third kappa shape index (κ3) is 3.92. The first-order chi connectivity index (χ1) is 8.66. The molecule has 2 N–H and O–H groups in total. The number of nitrogens with two attached hydrogens (primary N) is 1. The van der Waals surface area contributed by atoms with Crippen molar-refractivity contribution in [1.82, 2.24) is 4.90 Å². The Morgan fingerprint density at radius 1 is 1.22 bits per heavy atom. The maximum Gasteiger partial charge on any atom is 0.0853 e. The van der Waals surface area contributed by atoms with Crippen LogP contribution in [0.1, 0.15) is 33.1 Å². The van der Waals surface area contributed by atoms with E-state index < -0.39 is 0 Å². The Kier molecular flexibility index (Phi) is 5.42. The molecule has 2 saturated heterocycles. The van der Waals surface area contributed by atoms with Crippen molar-refractivity contribution >= 4 is 0 Å². The lowest BCUT2D eigenvalue weighted by atomic mass is 9.90. The summed E-state index contributed by atoms with van der Waals surface area (Å²) in [4.78, 5) is 2.47. The lowest BCUT2D eigenvalue weighted by Gasteiger charge is -2.39. The van der Waals surface area contributed by atoms with Gasteiger partial charge in [0.1, 0.15) is 0 Å². The molecular formula is C14H28N2O2. The van der Waals surface area contributed by atoms with E-state index in [1.807, 2.05) is 0 Å². The highest BCUT2D eigenvalue weighted by molar-refractivity contribution is 4.84. The summed E-state index contributed by atoms with van der Waals surface area (Å²) in [5.41, 5.74) is 6.35. The standard InChI is InChI=1S/C14H28N2O2/c1-11(2)16-5-8-18-14(10-16)13(15)9-12-3-6-17-7-4-12/h11-14H,3-10,15H2,1-2H3. The van der Waals surface area contributed by atoms with Gasteiger partial charge in [-0.05, 0) is 39.0 Å². The molecule has 0 aromatic rings. The van der Waals surface area contributed by atoms with Gasteiger partial charge in [0.2, 0.25) is 0 Å². The van der Waals surface area contributed by atoms with Gasteiger partial charge >= 0.3 is 0 Å². The predicted molar refractivity (Wildman–Crippen MR) is 72.6 cm³/mol. The smallest absolute Gasteiger partial charge is 0.0853 e. The number of nitrogens with zero attached hydrogens (tertiary/aromatic N) is 1. The zero-order valence-corrected chi connectivity index (χ0v) is 11.8. The van der Waals surface area contributed by atoms with Gasteiger partial charge < -0.3 is 15.2 Å². The SMILES string of the molecule is CC(C)N1CCOC(C(N)CC2CCOCC2)C1. The molecule has 0 aromatic heterocycles. The maximum absolute atomic E-state index is 6.35. The minimum atomic E-state index is 0.176. The van der Waals surface area contributed by atoms with Gasteiger partial charge in [0.15, 0.2) is 0 Å². The highest BCUT2D eigenvalue weighted by Gasteiger charge is 2.29. The van der Waals surface area contributed by atoms with Crippen molar-refractivity contribution in [3.05, 3.63) is 0 Å². The lowest BCUT2D eigenvalue weighted by molar-refractivity contribution is -0.0550. The summed E-state index contributed by atoms with van der Waals surface area (Å²) in [7, 11) is 0. The summed E-state index contributed by atoms with van der Waals surface area (Å²) in [6, 6.07) is 0.765. The van der Waals surface area contributed by atoms with E-state index in [0.717, 1.165) is 58.1 Å². The van der Waals surface area contributed by atoms with E-state index in [9.17, 15) is 0 Å². The highest BCUT2D eigenvalue weighted by atomic mass is 16.5. The van der Waals surface area contributed by atoms with Crippen molar-refractivity contribution in [2.45, 2.75) is 51.3 Å². The van der Waals surface area contributed by atoms with Crippen LogP contribution in [0.25, 0.3) is 0 Å². The first-order valence-corrected chi connectivity index (χ1v) is 7.35. The second-order valence-electron chi connectivity index (χ2n) is 5.95. The van der Waals surface area contributed by atoms with Crippen molar-refractivity contribution in [1.29, 1.82) is 0 Å². The van der Waals surface area contributed by atoms with E-state index in [1.165, 1.54) is 0 Å². The quantitative estimate of drug-likeness (QED) is 0.822. The van der Waals surface area contributed by atoms with E-state index in [0.29, 0.717) is 6.04 Å². The molecule has 18 heavy (non-hydrogen) atoms. The van der Waals surface area contributed by atoms with Crippen LogP contribution in [0, 0.1) is 5.92 Å². The van der Waals surface area contributed by atoms with Gasteiger partial charge in [-0.15, -0.1) is 0 Å². The molecule has 2 rings (SSSR count). The van der Waals surface area contributed by atoms with Gasteiger partial charge in [-0.3, -0.25) is 4.90 Å². The number of ether oxygens (including phenoxy) is 2. The Labute approximate surface area is 111 Å². The fraction of sp³-hybridized carbons (Fsp3) is 1.00. The van der Waals surface area contributed by atoms with Gasteiger partial charge in [0.25, 0.3) is 0 Å². The average molecular weight is 256 g/mol. The summed E-state index contributed by atoms with van der Waals surface area (Å²) in [6.45, 7) is 9.14. The van der Waals surface area contributed by atoms with Crippen molar-refractivity contribution < 1.29 is 9.47 Å². The Morgan fingerprint density at radius 3 is 2.61 bits per heavy atom. The van der Waals surface area contributed by atoms with Crippen molar-refractivity contribution in [2.24, 2.45) is 11.7 Å². The molecular weight excluding hydrogens is 228 g/mol. The van der Waals surface area contributed by atoms with E-state index in [2.05, 4.69) is 18.7 Å². The summed E-state index contributed by atoms with van der Waals surface area (Å²) >= 11 is 0. The van der Waals surface area contributed by atoms with Crippen molar-refractivity contribution in [3.8, 4) is 0 Å². The molecule has 2 aliphatic heterocycles. The molecule has 2 aliphatic rings.